The first kappa shape index (κ1) is 13.6. The van der Waals surface area contributed by atoms with E-state index in [2.05, 4.69) is 20.9 Å². The molecule has 21 heavy (non-hydrogen) atoms. The highest BCUT2D eigenvalue weighted by atomic mass is 79.9. The fourth-order valence-electron chi connectivity index (χ4n) is 2.04. The highest BCUT2D eigenvalue weighted by Crippen LogP contribution is 2.24. The van der Waals surface area contributed by atoms with Crippen LogP contribution in [0.1, 0.15) is 5.69 Å². The maximum Gasteiger partial charge on any atom is 0.115 e. The van der Waals surface area contributed by atoms with E-state index in [1.54, 1.807) is 12.1 Å². The maximum atomic E-state index is 9.37. The first-order valence-corrected chi connectivity index (χ1v) is 7.29. The van der Waals surface area contributed by atoms with Crippen molar-refractivity contribution in [2.24, 2.45) is 4.99 Å². The van der Waals surface area contributed by atoms with Crippen LogP contribution in [0.2, 0.25) is 0 Å². The third-order valence-electron chi connectivity index (χ3n) is 3.10. The van der Waals surface area contributed by atoms with Gasteiger partial charge in [-0.05, 0) is 64.5 Å². The molecule has 3 aromatic rings. The van der Waals surface area contributed by atoms with E-state index in [0.29, 0.717) is 0 Å². The van der Waals surface area contributed by atoms with Crippen molar-refractivity contribution in [3.8, 4) is 11.4 Å². The molecule has 0 aliphatic rings. The Bertz CT molecular complexity index is 775. The Balaban J connectivity index is 1.93. The average Bonchev–Trinajstić information content (AvgIpc) is 2.96. The van der Waals surface area contributed by atoms with E-state index in [0.717, 1.165) is 21.5 Å². The second-order valence-electron chi connectivity index (χ2n) is 4.53. The maximum absolute atomic E-state index is 9.37. The van der Waals surface area contributed by atoms with Crippen molar-refractivity contribution in [3.63, 3.8) is 0 Å². The van der Waals surface area contributed by atoms with E-state index in [9.17, 15) is 5.11 Å². The minimum Gasteiger partial charge on any atom is -0.508 e. The summed E-state index contributed by atoms with van der Waals surface area (Å²) in [5, 5.41) is 9.37. The Kier molecular flexibility index (Phi) is 3.88. The van der Waals surface area contributed by atoms with Crippen molar-refractivity contribution in [3.05, 3.63) is 77.0 Å². The number of halogens is 1. The van der Waals surface area contributed by atoms with Gasteiger partial charge in [0.25, 0.3) is 0 Å². The molecule has 0 bridgehead atoms. The first-order chi connectivity index (χ1) is 10.2. The molecule has 0 spiro atoms. The molecule has 0 aliphatic carbocycles. The lowest BCUT2D eigenvalue weighted by molar-refractivity contribution is 0.475. The molecule has 1 heterocycles. The van der Waals surface area contributed by atoms with Gasteiger partial charge < -0.3 is 9.67 Å². The predicted molar refractivity (Wildman–Crippen MR) is 88.8 cm³/mol. The first-order valence-electron chi connectivity index (χ1n) is 6.49. The molecule has 3 nitrogen and oxygen atoms in total. The zero-order chi connectivity index (χ0) is 14.7. The largest absolute Gasteiger partial charge is 0.508 e. The van der Waals surface area contributed by atoms with Crippen molar-refractivity contribution in [2.45, 2.75) is 0 Å². The molecule has 0 fully saturated rings. The number of hydrogen-bond acceptors (Lipinski definition) is 2. The lowest BCUT2D eigenvalue weighted by atomic mass is 10.3. The summed E-state index contributed by atoms with van der Waals surface area (Å²) in [4.78, 5) is 4.51. The van der Waals surface area contributed by atoms with E-state index in [1.165, 1.54) is 0 Å². The van der Waals surface area contributed by atoms with Crippen LogP contribution in [0.3, 0.4) is 0 Å². The van der Waals surface area contributed by atoms with Crippen molar-refractivity contribution in [1.82, 2.24) is 4.57 Å². The van der Waals surface area contributed by atoms with E-state index in [-0.39, 0.29) is 5.75 Å². The molecule has 1 aromatic heterocycles. The van der Waals surface area contributed by atoms with Gasteiger partial charge in [0, 0.05) is 16.4 Å². The molecule has 0 saturated heterocycles. The van der Waals surface area contributed by atoms with Crippen LogP contribution in [0, 0.1) is 0 Å². The Morgan fingerprint density at radius 1 is 0.952 bits per heavy atom. The SMILES string of the molecule is Oc1ccc(-n2cccc2C=Nc2ccccc2Br)cc1. The lowest BCUT2D eigenvalue weighted by Gasteiger charge is -2.06. The van der Waals surface area contributed by atoms with Gasteiger partial charge in [-0.2, -0.15) is 0 Å². The predicted octanol–water partition coefficient (Wildman–Crippen LogP) is 4.70. The van der Waals surface area contributed by atoms with Gasteiger partial charge in [-0.1, -0.05) is 12.1 Å². The Morgan fingerprint density at radius 3 is 2.48 bits per heavy atom. The smallest absolute Gasteiger partial charge is 0.115 e. The Labute approximate surface area is 131 Å². The number of phenols is 1. The molecule has 4 heteroatoms. The second-order valence-corrected chi connectivity index (χ2v) is 5.38. The van der Waals surface area contributed by atoms with Gasteiger partial charge >= 0.3 is 0 Å². The zero-order valence-corrected chi connectivity index (χ0v) is 12.7. The van der Waals surface area contributed by atoms with Gasteiger partial charge in [-0.25, -0.2) is 0 Å². The third-order valence-corrected chi connectivity index (χ3v) is 3.77. The summed E-state index contributed by atoms with van der Waals surface area (Å²) in [6.07, 6.45) is 3.79. The number of aromatic nitrogens is 1. The van der Waals surface area contributed by atoms with Gasteiger partial charge in [0.1, 0.15) is 5.75 Å². The van der Waals surface area contributed by atoms with Crippen LogP contribution in [-0.2, 0) is 0 Å². The van der Waals surface area contributed by atoms with Crippen molar-refractivity contribution < 1.29 is 5.11 Å². The number of aromatic hydroxyl groups is 1. The monoisotopic (exact) mass is 340 g/mol. The van der Waals surface area contributed by atoms with E-state index >= 15 is 0 Å². The molecule has 0 atom stereocenters. The van der Waals surface area contributed by atoms with Crippen LogP contribution in [0.25, 0.3) is 5.69 Å². The normalized spacial score (nSPS) is 11.1. The molecule has 0 radical (unpaired) electrons. The molecular formula is C17H13BrN2O. The van der Waals surface area contributed by atoms with Gasteiger partial charge in [0.05, 0.1) is 17.6 Å². The lowest BCUT2D eigenvalue weighted by Crippen LogP contribution is -1.97. The fourth-order valence-corrected chi connectivity index (χ4v) is 2.43. The van der Waals surface area contributed by atoms with Crippen LogP contribution >= 0.6 is 15.9 Å². The summed E-state index contributed by atoms with van der Waals surface area (Å²) < 4.78 is 2.98. The number of phenolic OH excluding ortho intramolecular Hbond substituents is 1. The number of rotatable bonds is 3. The molecule has 0 aliphatic heterocycles. The average molecular weight is 341 g/mol. The molecule has 3 rings (SSSR count). The fraction of sp³-hybridized carbons (Fsp3) is 0. The zero-order valence-electron chi connectivity index (χ0n) is 11.1. The van der Waals surface area contributed by atoms with Crippen molar-refractivity contribution >= 4 is 27.8 Å². The van der Waals surface area contributed by atoms with Gasteiger partial charge in [0.2, 0.25) is 0 Å². The summed E-state index contributed by atoms with van der Waals surface area (Å²) in [5.41, 5.74) is 2.83. The summed E-state index contributed by atoms with van der Waals surface area (Å²) >= 11 is 3.48. The molecule has 0 saturated carbocycles. The van der Waals surface area contributed by atoms with Crippen molar-refractivity contribution in [2.75, 3.05) is 0 Å². The number of aliphatic imine (C=N–C) groups is 1. The number of para-hydroxylation sites is 1. The van der Waals surface area contributed by atoms with Crippen LogP contribution in [0.5, 0.6) is 5.75 Å². The third kappa shape index (κ3) is 3.06. The Hall–Kier alpha value is -2.33. The molecule has 104 valence electrons. The van der Waals surface area contributed by atoms with E-state index in [4.69, 9.17) is 0 Å². The summed E-state index contributed by atoms with van der Waals surface area (Å²) in [6, 6.07) is 18.9. The van der Waals surface area contributed by atoms with Gasteiger partial charge in [-0.3, -0.25) is 4.99 Å². The van der Waals surface area contributed by atoms with Crippen LogP contribution < -0.4 is 0 Å². The summed E-state index contributed by atoms with van der Waals surface area (Å²) in [6.45, 7) is 0. The minimum atomic E-state index is 0.259. The highest BCUT2D eigenvalue weighted by molar-refractivity contribution is 9.10. The second kappa shape index (κ2) is 5.97. The van der Waals surface area contributed by atoms with Crippen LogP contribution in [0.15, 0.2) is 76.3 Å². The molecule has 2 aromatic carbocycles. The molecule has 1 N–H and O–H groups in total. The topological polar surface area (TPSA) is 37.5 Å². The van der Waals surface area contributed by atoms with Crippen LogP contribution in [0.4, 0.5) is 5.69 Å². The number of benzene rings is 2. The van der Waals surface area contributed by atoms with E-state index < -0.39 is 0 Å². The van der Waals surface area contributed by atoms with Gasteiger partial charge in [0.15, 0.2) is 0 Å². The van der Waals surface area contributed by atoms with Crippen molar-refractivity contribution in [1.29, 1.82) is 0 Å². The summed E-state index contributed by atoms with van der Waals surface area (Å²) in [5.74, 6) is 0.259. The standard InChI is InChI=1S/C17H13BrN2O/c18-16-5-1-2-6-17(16)19-12-14-4-3-11-20(14)13-7-9-15(21)10-8-13/h1-12,21H. The van der Waals surface area contributed by atoms with Crippen LogP contribution in [-0.4, -0.2) is 15.9 Å². The van der Waals surface area contributed by atoms with Gasteiger partial charge in [-0.15, -0.1) is 0 Å². The quantitative estimate of drug-likeness (QED) is 0.689. The minimum absolute atomic E-state index is 0.259. The molecule has 0 unspecified atom stereocenters. The summed E-state index contributed by atoms with van der Waals surface area (Å²) in [7, 11) is 0. The number of hydrogen-bond donors (Lipinski definition) is 1. The molecular weight excluding hydrogens is 328 g/mol. The van der Waals surface area contributed by atoms with E-state index in [1.807, 2.05) is 65.5 Å². The Morgan fingerprint density at radius 2 is 1.71 bits per heavy atom. The highest BCUT2D eigenvalue weighted by Gasteiger charge is 2.02. The number of nitrogens with zero attached hydrogens (tertiary/aromatic N) is 2. The molecule has 0 amide bonds.